The minimum atomic E-state index is -1.16. The first kappa shape index (κ1) is 10.8. The Kier molecular flexibility index (Phi) is 3.44. The normalized spacial score (nSPS) is 9.33. The van der Waals surface area contributed by atoms with E-state index >= 15 is 0 Å². The Morgan fingerprint density at radius 3 is 3.00 bits per heavy atom. The van der Waals surface area contributed by atoms with E-state index in [-0.39, 0.29) is 18.1 Å². The number of carbonyl (C=O) groups is 2. The summed E-state index contributed by atoms with van der Waals surface area (Å²) >= 11 is 0. The fraction of sp³-hybridized carbons (Fsp3) is 0.125. The molecule has 0 aliphatic carbocycles. The van der Waals surface area contributed by atoms with E-state index in [0.717, 1.165) is 0 Å². The highest BCUT2D eigenvalue weighted by Gasteiger charge is 2.09. The molecular formula is C8H9N3O4. The number of carboxylic acids is 1. The van der Waals surface area contributed by atoms with Crippen molar-refractivity contribution in [3.63, 3.8) is 0 Å². The summed E-state index contributed by atoms with van der Waals surface area (Å²) in [6.45, 7) is 3.43. The zero-order chi connectivity index (χ0) is 11.3. The van der Waals surface area contributed by atoms with Crippen LogP contribution < -0.4 is 5.32 Å². The number of ether oxygens (including phenoxy) is 1. The number of aromatic carboxylic acids is 1. The van der Waals surface area contributed by atoms with E-state index in [2.05, 4.69) is 26.8 Å². The molecule has 0 saturated heterocycles. The predicted octanol–water partition coefficient (Wildman–Crippen LogP) is 0.842. The van der Waals surface area contributed by atoms with Crippen molar-refractivity contribution in [2.24, 2.45) is 0 Å². The van der Waals surface area contributed by atoms with Gasteiger partial charge in [-0.25, -0.2) is 9.59 Å². The van der Waals surface area contributed by atoms with Crippen molar-refractivity contribution in [2.75, 3.05) is 11.9 Å². The van der Waals surface area contributed by atoms with Crippen LogP contribution in [0.3, 0.4) is 0 Å². The predicted molar refractivity (Wildman–Crippen MR) is 50.7 cm³/mol. The maximum atomic E-state index is 11.0. The molecule has 0 aliphatic rings. The Hall–Kier alpha value is -2.31. The Labute approximate surface area is 84.7 Å². The fourth-order valence-corrected chi connectivity index (χ4v) is 0.771. The summed E-state index contributed by atoms with van der Waals surface area (Å²) in [4.78, 5) is 21.4. The number of carboxylic acid groups (broad SMARTS) is 1. The first-order valence-corrected chi connectivity index (χ1v) is 3.97. The van der Waals surface area contributed by atoms with E-state index in [4.69, 9.17) is 5.11 Å². The van der Waals surface area contributed by atoms with E-state index in [9.17, 15) is 9.59 Å². The Morgan fingerprint density at radius 2 is 2.47 bits per heavy atom. The number of nitrogens with zero attached hydrogens (tertiary/aromatic N) is 1. The number of anilines is 1. The van der Waals surface area contributed by atoms with E-state index in [1.807, 2.05) is 0 Å². The van der Waals surface area contributed by atoms with Crippen LogP contribution in [0.5, 0.6) is 0 Å². The van der Waals surface area contributed by atoms with Gasteiger partial charge in [0.15, 0.2) is 5.82 Å². The maximum absolute atomic E-state index is 11.0. The minimum Gasteiger partial charge on any atom is -0.477 e. The molecule has 3 N–H and O–H groups in total. The lowest BCUT2D eigenvalue weighted by molar-refractivity contribution is 0.0690. The van der Waals surface area contributed by atoms with Crippen molar-refractivity contribution in [3.8, 4) is 0 Å². The molecular weight excluding hydrogens is 202 g/mol. The van der Waals surface area contributed by atoms with Gasteiger partial charge in [0.1, 0.15) is 12.3 Å². The van der Waals surface area contributed by atoms with E-state index < -0.39 is 12.1 Å². The van der Waals surface area contributed by atoms with Crippen LogP contribution in [0.2, 0.25) is 0 Å². The molecule has 15 heavy (non-hydrogen) atoms. The first-order valence-electron chi connectivity index (χ1n) is 3.97. The molecule has 0 fully saturated rings. The lowest BCUT2D eigenvalue weighted by atomic mass is 10.4. The first-order chi connectivity index (χ1) is 7.13. The largest absolute Gasteiger partial charge is 0.477 e. The highest BCUT2D eigenvalue weighted by Crippen LogP contribution is 2.05. The van der Waals surface area contributed by atoms with E-state index in [1.54, 1.807) is 0 Å². The van der Waals surface area contributed by atoms with Gasteiger partial charge in [-0.05, 0) is 0 Å². The highest BCUT2D eigenvalue weighted by atomic mass is 16.5. The zero-order valence-electron chi connectivity index (χ0n) is 7.69. The highest BCUT2D eigenvalue weighted by molar-refractivity contribution is 5.89. The zero-order valence-corrected chi connectivity index (χ0v) is 7.69. The molecule has 0 unspecified atom stereocenters. The van der Waals surface area contributed by atoms with Crippen molar-refractivity contribution < 1.29 is 19.4 Å². The molecule has 7 heteroatoms. The number of carbonyl (C=O) groups excluding carboxylic acids is 1. The summed E-state index contributed by atoms with van der Waals surface area (Å²) in [6, 6.07) is 1.18. The molecule has 80 valence electrons. The van der Waals surface area contributed by atoms with Gasteiger partial charge in [-0.1, -0.05) is 12.7 Å². The van der Waals surface area contributed by atoms with Crippen LogP contribution in [0.25, 0.3) is 0 Å². The van der Waals surface area contributed by atoms with Crippen molar-refractivity contribution in [1.29, 1.82) is 0 Å². The second-order valence-corrected chi connectivity index (χ2v) is 2.48. The summed E-state index contributed by atoms with van der Waals surface area (Å²) in [5, 5.41) is 16.6. The number of nitrogens with one attached hydrogen (secondary N) is 2. The third kappa shape index (κ3) is 3.14. The van der Waals surface area contributed by atoms with Crippen molar-refractivity contribution in [2.45, 2.75) is 0 Å². The van der Waals surface area contributed by atoms with Crippen LogP contribution in [0.4, 0.5) is 10.6 Å². The van der Waals surface area contributed by atoms with Gasteiger partial charge < -0.3 is 9.84 Å². The molecule has 1 aromatic rings. The Morgan fingerprint density at radius 1 is 1.73 bits per heavy atom. The second kappa shape index (κ2) is 4.80. The van der Waals surface area contributed by atoms with Gasteiger partial charge in [-0.15, -0.1) is 0 Å². The van der Waals surface area contributed by atoms with Crippen LogP contribution in [-0.2, 0) is 4.74 Å². The van der Waals surface area contributed by atoms with Gasteiger partial charge >= 0.3 is 12.1 Å². The van der Waals surface area contributed by atoms with Gasteiger partial charge in [0.05, 0.1) is 0 Å². The van der Waals surface area contributed by atoms with E-state index in [1.165, 1.54) is 12.1 Å². The van der Waals surface area contributed by atoms with Crippen molar-refractivity contribution in [1.82, 2.24) is 10.2 Å². The number of hydrogen-bond donors (Lipinski definition) is 3. The molecule has 0 saturated carbocycles. The van der Waals surface area contributed by atoms with Gasteiger partial charge in [0.25, 0.3) is 0 Å². The van der Waals surface area contributed by atoms with Gasteiger partial charge in [-0.3, -0.25) is 10.4 Å². The molecule has 1 aromatic heterocycles. The minimum absolute atomic E-state index is 0.0715. The average molecular weight is 211 g/mol. The smallest absolute Gasteiger partial charge is 0.413 e. The molecule has 7 nitrogen and oxygen atoms in total. The summed E-state index contributed by atoms with van der Waals surface area (Å²) < 4.78 is 4.60. The molecule has 0 radical (unpaired) electrons. The third-order valence-corrected chi connectivity index (χ3v) is 1.37. The lowest BCUT2D eigenvalue weighted by Crippen LogP contribution is -2.13. The number of hydrogen-bond acceptors (Lipinski definition) is 4. The number of amides is 1. The topological polar surface area (TPSA) is 104 Å². The molecule has 0 aliphatic heterocycles. The SMILES string of the molecule is C=CCOC(=O)Nc1cc(C(=O)O)[nH]n1. The number of aromatic amines is 1. The van der Waals surface area contributed by atoms with Crippen LogP contribution in [0.15, 0.2) is 18.7 Å². The number of aromatic nitrogens is 2. The van der Waals surface area contributed by atoms with Gasteiger partial charge in [-0.2, -0.15) is 5.10 Å². The molecule has 1 heterocycles. The fourth-order valence-electron chi connectivity index (χ4n) is 0.771. The van der Waals surface area contributed by atoms with Crippen LogP contribution in [0.1, 0.15) is 10.5 Å². The molecule has 1 rings (SSSR count). The molecule has 1 amide bonds. The Bertz CT molecular complexity index is 385. The average Bonchev–Trinajstić information content (AvgIpc) is 2.63. The number of H-pyrrole nitrogens is 1. The molecule has 0 spiro atoms. The molecule has 0 bridgehead atoms. The summed E-state index contributed by atoms with van der Waals surface area (Å²) in [6.07, 6.45) is 0.686. The van der Waals surface area contributed by atoms with Gasteiger partial charge in [0, 0.05) is 6.07 Å². The molecule has 0 atom stereocenters. The van der Waals surface area contributed by atoms with Crippen molar-refractivity contribution in [3.05, 3.63) is 24.4 Å². The standard InChI is InChI=1S/C8H9N3O4/c1-2-3-15-8(14)9-6-4-5(7(12)13)10-11-6/h2,4H,1,3H2,(H,12,13)(H2,9,10,11,14). The summed E-state index contributed by atoms with van der Waals surface area (Å²) in [7, 11) is 0. The van der Waals surface area contributed by atoms with Crippen molar-refractivity contribution >= 4 is 17.9 Å². The summed E-state index contributed by atoms with van der Waals surface area (Å²) in [5.74, 6) is -1.07. The van der Waals surface area contributed by atoms with E-state index in [0.29, 0.717) is 0 Å². The summed E-state index contributed by atoms with van der Waals surface area (Å²) in [5.41, 5.74) is -0.117. The molecule has 0 aromatic carbocycles. The monoisotopic (exact) mass is 211 g/mol. The lowest BCUT2D eigenvalue weighted by Gasteiger charge is -2.00. The van der Waals surface area contributed by atoms with Crippen LogP contribution >= 0.6 is 0 Å². The van der Waals surface area contributed by atoms with Gasteiger partial charge in [0.2, 0.25) is 0 Å². The van der Waals surface area contributed by atoms with Crippen LogP contribution in [-0.4, -0.2) is 34.0 Å². The second-order valence-electron chi connectivity index (χ2n) is 2.48. The Balaban J connectivity index is 2.53. The maximum Gasteiger partial charge on any atom is 0.413 e. The quantitative estimate of drug-likeness (QED) is 0.640. The number of rotatable bonds is 4. The third-order valence-electron chi connectivity index (χ3n) is 1.37. The van der Waals surface area contributed by atoms with Crippen LogP contribution in [0, 0.1) is 0 Å².